The molecule has 0 aliphatic heterocycles. The van der Waals surface area contributed by atoms with Crippen LogP contribution in [0.1, 0.15) is 61.6 Å². The lowest BCUT2D eigenvalue weighted by molar-refractivity contribution is -0.140. The third-order valence-corrected chi connectivity index (χ3v) is 5.62. The highest BCUT2D eigenvalue weighted by Gasteiger charge is 2.15. The molecule has 0 amide bonds. The lowest BCUT2D eigenvalue weighted by Gasteiger charge is -2.22. The Bertz CT molecular complexity index is 814. The molecule has 148 valence electrons. The van der Waals surface area contributed by atoms with E-state index in [1.54, 1.807) is 6.92 Å². The van der Waals surface area contributed by atoms with Crippen molar-refractivity contribution >= 4 is 5.97 Å². The molecule has 0 radical (unpaired) electrons. The van der Waals surface area contributed by atoms with E-state index >= 15 is 0 Å². The van der Waals surface area contributed by atoms with E-state index in [0.29, 0.717) is 17.9 Å². The molecular formula is C25H30O3. The van der Waals surface area contributed by atoms with Crippen LogP contribution >= 0.6 is 0 Å². The smallest absolute Gasteiger partial charge is 0.333 e. The van der Waals surface area contributed by atoms with Crippen LogP contribution in [0.4, 0.5) is 0 Å². The van der Waals surface area contributed by atoms with Gasteiger partial charge in [0.15, 0.2) is 0 Å². The van der Waals surface area contributed by atoms with Crippen LogP contribution in [0, 0.1) is 0 Å². The third-order valence-electron chi connectivity index (χ3n) is 5.62. The van der Waals surface area contributed by atoms with Gasteiger partial charge in [0.05, 0.1) is 0 Å². The van der Waals surface area contributed by atoms with Crippen LogP contribution < -0.4 is 0 Å². The number of hydrogen-bond acceptors (Lipinski definition) is 3. The van der Waals surface area contributed by atoms with Gasteiger partial charge in [-0.15, -0.1) is 0 Å². The van der Waals surface area contributed by atoms with Crippen molar-refractivity contribution in [2.75, 3.05) is 6.61 Å². The zero-order valence-corrected chi connectivity index (χ0v) is 16.7. The summed E-state index contributed by atoms with van der Waals surface area (Å²) in [5, 5.41) is 9.33. The third kappa shape index (κ3) is 5.11. The number of carbonyl (C=O) groups excluding carboxylic acids is 1. The molecule has 28 heavy (non-hydrogen) atoms. The number of esters is 1. The van der Waals surface area contributed by atoms with Gasteiger partial charge in [-0.1, -0.05) is 62.2 Å². The highest BCUT2D eigenvalue weighted by atomic mass is 16.5. The Morgan fingerprint density at radius 1 is 1.04 bits per heavy atom. The first-order valence-electron chi connectivity index (χ1n) is 10.2. The lowest BCUT2D eigenvalue weighted by atomic mass is 9.83. The Morgan fingerprint density at radius 2 is 1.71 bits per heavy atom. The van der Waals surface area contributed by atoms with Crippen LogP contribution in [0.25, 0.3) is 11.1 Å². The average molecular weight is 379 g/mol. The fourth-order valence-electron chi connectivity index (χ4n) is 3.95. The molecule has 3 nitrogen and oxygen atoms in total. The van der Waals surface area contributed by atoms with Crippen molar-refractivity contribution in [2.24, 2.45) is 0 Å². The van der Waals surface area contributed by atoms with Gasteiger partial charge in [0, 0.05) is 12.2 Å². The topological polar surface area (TPSA) is 46.5 Å². The summed E-state index contributed by atoms with van der Waals surface area (Å²) < 4.78 is 5.35. The van der Waals surface area contributed by atoms with Crippen molar-refractivity contribution in [3.63, 3.8) is 0 Å². The maximum absolute atomic E-state index is 11.8. The van der Waals surface area contributed by atoms with Crippen LogP contribution in [-0.4, -0.2) is 17.7 Å². The van der Waals surface area contributed by atoms with Crippen molar-refractivity contribution in [2.45, 2.75) is 58.0 Å². The van der Waals surface area contributed by atoms with Crippen LogP contribution in [0.5, 0.6) is 0 Å². The van der Waals surface area contributed by atoms with E-state index in [0.717, 1.165) is 22.3 Å². The Balaban J connectivity index is 1.79. The van der Waals surface area contributed by atoms with E-state index in [4.69, 9.17) is 4.74 Å². The van der Waals surface area contributed by atoms with Crippen molar-refractivity contribution in [1.82, 2.24) is 0 Å². The van der Waals surface area contributed by atoms with E-state index < -0.39 is 5.97 Å². The van der Waals surface area contributed by atoms with Gasteiger partial charge >= 0.3 is 5.97 Å². The molecule has 1 saturated carbocycles. The van der Waals surface area contributed by atoms with E-state index in [2.05, 4.69) is 43.0 Å². The molecule has 0 unspecified atom stereocenters. The summed E-state index contributed by atoms with van der Waals surface area (Å²) in [5.74, 6) is 0.309. The minimum atomic E-state index is -0.391. The van der Waals surface area contributed by atoms with E-state index in [1.165, 1.54) is 37.7 Å². The molecule has 1 aliphatic carbocycles. The predicted molar refractivity (Wildman–Crippen MR) is 113 cm³/mol. The van der Waals surface area contributed by atoms with Crippen molar-refractivity contribution in [3.8, 4) is 11.1 Å². The summed E-state index contributed by atoms with van der Waals surface area (Å²) in [4.78, 5) is 11.8. The fourth-order valence-corrected chi connectivity index (χ4v) is 3.95. The van der Waals surface area contributed by atoms with Gasteiger partial charge in [0.1, 0.15) is 6.61 Å². The van der Waals surface area contributed by atoms with Gasteiger partial charge in [-0.2, -0.15) is 0 Å². The molecule has 0 aromatic heterocycles. The van der Waals surface area contributed by atoms with Gasteiger partial charge in [0.2, 0.25) is 0 Å². The van der Waals surface area contributed by atoms with Gasteiger partial charge in [0.25, 0.3) is 0 Å². The van der Waals surface area contributed by atoms with E-state index in [9.17, 15) is 9.90 Å². The molecule has 1 fully saturated rings. The zero-order chi connectivity index (χ0) is 19.9. The summed E-state index contributed by atoms with van der Waals surface area (Å²) in [6, 6.07) is 15.0. The summed E-state index contributed by atoms with van der Waals surface area (Å²) >= 11 is 0. The SMILES string of the molecule is C=C(C)C(=O)OCc1cc(-c2ccc(C3CCCCC3)cc2)ccc1CCO. The molecule has 2 aromatic carbocycles. The molecule has 0 heterocycles. The number of hydrogen-bond donors (Lipinski definition) is 1. The largest absolute Gasteiger partial charge is 0.457 e. The molecule has 0 bridgehead atoms. The summed E-state index contributed by atoms with van der Waals surface area (Å²) in [5.41, 5.74) is 6.01. The Morgan fingerprint density at radius 3 is 2.36 bits per heavy atom. The maximum Gasteiger partial charge on any atom is 0.333 e. The highest BCUT2D eigenvalue weighted by Crippen LogP contribution is 2.34. The minimum Gasteiger partial charge on any atom is -0.457 e. The lowest BCUT2D eigenvalue weighted by Crippen LogP contribution is -2.07. The second-order valence-corrected chi connectivity index (χ2v) is 7.77. The molecule has 0 atom stereocenters. The van der Waals surface area contributed by atoms with Crippen molar-refractivity contribution < 1.29 is 14.6 Å². The number of ether oxygens (including phenoxy) is 1. The second kappa shape index (κ2) is 9.70. The predicted octanol–water partition coefficient (Wildman–Crippen LogP) is 5.56. The highest BCUT2D eigenvalue weighted by molar-refractivity contribution is 5.86. The standard InChI is InChI=1S/C25H30O3/c1-18(2)25(27)28-17-24-16-23(13-12-22(24)14-15-26)21-10-8-20(9-11-21)19-6-4-3-5-7-19/h8-13,16,19,26H,1,3-7,14-15,17H2,2H3. The Hall–Kier alpha value is -2.39. The first-order chi connectivity index (χ1) is 13.6. The van der Waals surface area contributed by atoms with Gasteiger partial charge in [-0.3, -0.25) is 0 Å². The minimum absolute atomic E-state index is 0.0663. The summed E-state index contributed by atoms with van der Waals surface area (Å²) in [7, 11) is 0. The van der Waals surface area contributed by atoms with Gasteiger partial charge in [-0.05, 0) is 66.0 Å². The molecule has 1 aliphatic rings. The number of aliphatic hydroxyl groups is 1. The number of carbonyl (C=O) groups is 1. The van der Waals surface area contributed by atoms with Crippen molar-refractivity contribution in [3.05, 3.63) is 71.3 Å². The monoisotopic (exact) mass is 378 g/mol. The van der Waals surface area contributed by atoms with Gasteiger partial charge < -0.3 is 9.84 Å². The molecule has 3 rings (SSSR count). The quantitative estimate of drug-likeness (QED) is 0.507. The summed E-state index contributed by atoms with van der Waals surface area (Å²) in [6.07, 6.45) is 7.19. The van der Waals surface area contributed by atoms with Gasteiger partial charge in [-0.25, -0.2) is 4.79 Å². The Kier molecular flexibility index (Phi) is 7.05. The molecule has 3 heteroatoms. The number of aliphatic hydroxyl groups excluding tert-OH is 1. The van der Waals surface area contributed by atoms with Crippen LogP contribution in [0.15, 0.2) is 54.6 Å². The second-order valence-electron chi connectivity index (χ2n) is 7.77. The molecule has 0 saturated heterocycles. The average Bonchev–Trinajstić information content (AvgIpc) is 2.73. The molecule has 1 N–H and O–H groups in total. The fraction of sp³-hybridized carbons (Fsp3) is 0.400. The Labute approximate surface area is 168 Å². The van der Waals surface area contributed by atoms with E-state index in [1.807, 2.05) is 6.07 Å². The van der Waals surface area contributed by atoms with Crippen LogP contribution in [0.3, 0.4) is 0 Å². The van der Waals surface area contributed by atoms with E-state index in [-0.39, 0.29) is 13.2 Å². The number of benzene rings is 2. The normalized spacial score (nSPS) is 14.6. The first kappa shape index (κ1) is 20.3. The molecule has 2 aromatic rings. The molecule has 0 spiro atoms. The number of rotatable bonds is 7. The maximum atomic E-state index is 11.8. The van der Waals surface area contributed by atoms with Crippen LogP contribution in [-0.2, 0) is 22.6 Å². The zero-order valence-electron chi connectivity index (χ0n) is 16.7. The van der Waals surface area contributed by atoms with Crippen molar-refractivity contribution in [1.29, 1.82) is 0 Å². The first-order valence-corrected chi connectivity index (χ1v) is 10.2. The van der Waals surface area contributed by atoms with Crippen LogP contribution in [0.2, 0.25) is 0 Å². The summed E-state index contributed by atoms with van der Waals surface area (Å²) in [6.45, 7) is 5.52. The molecular weight excluding hydrogens is 348 g/mol.